The first-order chi connectivity index (χ1) is 18.1. The number of likely N-dealkylation sites (tertiary alicyclic amines) is 1. The van der Waals surface area contributed by atoms with E-state index in [2.05, 4.69) is 20.4 Å². The highest BCUT2D eigenvalue weighted by Crippen LogP contribution is 2.29. The number of carbonyl (C=O) groups is 2. The van der Waals surface area contributed by atoms with E-state index in [1.54, 1.807) is 0 Å². The third-order valence-electron chi connectivity index (χ3n) is 6.63. The summed E-state index contributed by atoms with van der Waals surface area (Å²) in [5, 5.41) is 16.1. The molecule has 2 amide bonds. The van der Waals surface area contributed by atoms with Crippen LogP contribution < -0.4 is 5.32 Å². The Kier molecular flexibility index (Phi) is 8.70. The number of nitrogens with one attached hydrogen (secondary N) is 1. The van der Waals surface area contributed by atoms with Gasteiger partial charge in [-0.3, -0.25) is 0 Å². The Morgan fingerprint density at radius 3 is 2.37 bits per heavy atom. The quantitative estimate of drug-likeness (QED) is 0.421. The molecule has 2 fully saturated rings. The van der Waals surface area contributed by atoms with Crippen molar-refractivity contribution in [2.45, 2.75) is 63.1 Å². The van der Waals surface area contributed by atoms with Gasteiger partial charge in [0.2, 0.25) is 11.7 Å². The van der Waals surface area contributed by atoms with Gasteiger partial charge in [0, 0.05) is 35.5 Å². The van der Waals surface area contributed by atoms with Crippen LogP contribution in [0.15, 0.2) is 34.9 Å². The van der Waals surface area contributed by atoms with Gasteiger partial charge >= 0.3 is 18.2 Å². The van der Waals surface area contributed by atoms with Gasteiger partial charge in [-0.1, -0.05) is 42.1 Å². The van der Waals surface area contributed by atoms with Crippen molar-refractivity contribution in [3.05, 3.63) is 41.2 Å². The summed E-state index contributed by atoms with van der Waals surface area (Å²) in [5.41, 5.74) is 1.51. The number of rotatable bonds is 3. The second-order valence-corrected chi connectivity index (χ2v) is 9.77. The summed E-state index contributed by atoms with van der Waals surface area (Å²) in [5.74, 6) is -1.48. The predicted octanol–water partition coefficient (Wildman–Crippen LogP) is 5.79. The number of amides is 2. The van der Waals surface area contributed by atoms with Gasteiger partial charge < -0.3 is 19.8 Å². The first-order valence-electron chi connectivity index (χ1n) is 12.4. The molecule has 204 valence electrons. The van der Waals surface area contributed by atoms with Crippen LogP contribution in [-0.4, -0.2) is 62.4 Å². The summed E-state index contributed by atoms with van der Waals surface area (Å²) in [6.45, 7) is 1.41. The van der Waals surface area contributed by atoms with Crippen LogP contribution in [0.1, 0.15) is 56.8 Å². The molecule has 13 heteroatoms. The van der Waals surface area contributed by atoms with Crippen molar-refractivity contribution in [3.63, 3.8) is 0 Å². The fourth-order valence-electron chi connectivity index (χ4n) is 4.57. The number of carbonyl (C=O) groups excluding carboxylic acids is 1. The maximum atomic E-state index is 12.6. The number of hydrogen-bond acceptors (Lipinski definition) is 6. The number of benzene rings is 1. The summed E-state index contributed by atoms with van der Waals surface area (Å²) in [6.07, 6.45) is 2.48. The van der Waals surface area contributed by atoms with Gasteiger partial charge in [0.05, 0.1) is 5.52 Å². The number of halogens is 4. The second-order valence-electron chi connectivity index (χ2n) is 9.34. The van der Waals surface area contributed by atoms with Crippen molar-refractivity contribution in [1.29, 1.82) is 0 Å². The van der Waals surface area contributed by atoms with Gasteiger partial charge in [-0.05, 0) is 49.9 Å². The molecule has 1 aromatic carbocycles. The molecule has 0 bridgehead atoms. The molecule has 0 unspecified atom stereocenters. The standard InChI is InChI=1S/C23H26ClN5O2.C2HF3O2/c24-17-7-9-19-16(14-17)6-8-20(26-19)21-27-22(31-28-21)15-10-12-29(13-11-15)23(30)25-18-4-2-1-3-5-18;3-2(4,5)1(6)7/h6-9,14-15,18H,1-5,10-13H2,(H,25,30);(H,6,7). The largest absolute Gasteiger partial charge is 0.490 e. The number of carboxylic acid groups (broad SMARTS) is 1. The maximum absolute atomic E-state index is 12.6. The third kappa shape index (κ3) is 7.12. The maximum Gasteiger partial charge on any atom is 0.490 e. The van der Waals surface area contributed by atoms with Gasteiger partial charge in [0.25, 0.3) is 0 Å². The molecule has 1 aliphatic carbocycles. The zero-order valence-electron chi connectivity index (χ0n) is 20.4. The van der Waals surface area contributed by atoms with E-state index in [1.807, 2.05) is 35.2 Å². The van der Waals surface area contributed by atoms with Crippen LogP contribution in [0.5, 0.6) is 0 Å². The van der Waals surface area contributed by atoms with Crippen LogP contribution in [0.4, 0.5) is 18.0 Å². The van der Waals surface area contributed by atoms with Gasteiger partial charge in [0.1, 0.15) is 5.69 Å². The van der Waals surface area contributed by atoms with Gasteiger partial charge in [-0.25, -0.2) is 14.6 Å². The summed E-state index contributed by atoms with van der Waals surface area (Å²) in [7, 11) is 0. The summed E-state index contributed by atoms with van der Waals surface area (Å²) >= 11 is 6.05. The molecule has 1 saturated heterocycles. The number of alkyl halides is 3. The minimum absolute atomic E-state index is 0.0667. The van der Waals surface area contributed by atoms with Crippen molar-refractivity contribution < 1.29 is 32.4 Å². The van der Waals surface area contributed by atoms with Crippen molar-refractivity contribution in [2.75, 3.05) is 13.1 Å². The Morgan fingerprint density at radius 1 is 1.03 bits per heavy atom. The molecule has 1 aliphatic heterocycles. The Labute approximate surface area is 221 Å². The highest BCUT2D eigenvalue weighted by Gasteiger charge is 2.38. The molecular weight excluding hydrogens is 527 g/mol. The summed E-state index contributed by atoms with van der Waals surface area (Å²) in [6, 6.07) is 9.83. The Hall–Kier alpha value is -3.41. The molecule has 3 heterocycles. The molecule has 5 rings (SSSR count). The molecule has 38 heavy (non-hydrogen) atoms. The molecule has 1 saturated carbocycles. The molecule has 3 aromatic rings. The van der Waals surface area contributed by atoms with E-state index < -0.39 is 12.1 Å². The first kappa shape index (κ1) is 27.6. The number of aromatic nitrogens is 3. The lowest BCUT2D eigenvalue weighted by Crippen LogP contribution is -2.48. The van der Waals surface area contributed by atoms with Gasteiger partial charge in [-0.2, -0.15) is 18.2 Å². The molecule has 0 radical (unpaired) electrons. The molecule has 2 aliphatic rings. The van der Waals surface area contributed by atoms with Gasteiger partial charge in [-0.15, -0.1) is 0 Å². The summed E-state index contributed by atoms with van der Waals surface area (Å²) < 4.78 is 37.3. The minimum atomic E-state index is -5.08. The lowest BCUT2D eigenvalue weighted by Gasteiger charge is -2.32. The van der Waals surface area contributed by atoms with Gasteiger partial charge in [0.15, 0.2) is 0 Å². The average molecular weight is 554 g/mol. The number of nitrogens with zero attached hydrogens (tertiary/aromatic N) is 4. The highest BCUT2D eigenvalue weighted by atomic mass is 35.5. The Morgan fingerprint density at radius 2 is 1.71 bits per heavy atom. The predicted molar refractivity (Wildman–Crippen MR) is 133 cm³/mol. The first-order valence-corrected chi connectivity index (χ1v) is 12.7. The number of pyridine rings is 1. The molecule has 2 aromatic heterocycles. The van der Waals surface area contributed by atoms with Crippen LogP contribution in [0.3, 0.4) is 0 Å². The number of carboxylic acids is 1. The van der Waals surface area contributed by atoms with Crippen molar-refractivity contribution in [1.82, 2.24) is 25.3 Å². The van der Waals surface area contributed by atoms with Crippen LogP contribution >= 0.6 is 11.6 Å². The van der Waals surface area contributed by atoms with E-state index in [-0.39, 0.29) is 11.9 Å². The fraction of sp³-hybridized carbons (Fsp3) is 0.480. The zero-order valence-corrected chi connectivity index (χ0v) is 21.1. The van der Waals surface area contributed by atoms with Crippen molar-refractivity contribution >= 4 is 34.5 Å². The van der Waals surface area contributed by atoms with Crippen molar-refractivity contribution in [2.24, 2.45) is 0 Å². The monoisotopic (exact) mass is 553 g/mol. The SMILES string of the molecule is O=C(NC1CCCCC1)N1CCC(c2nc(-c3ccc4cc(Cl)ccc4n3)no2)CC1.O=C(O)C(F)(F)F. The zero-order chi connectivity index (χ0) is 27.3. The molecular formula is C25H27ClF3N5O4. The highest BCUT2D eigenvalue weighted by molar-refractivity contribution is 6.31. The number of hydrogen-bond donors (Lipinski definition) is 2. The van der Waals surface area contributed by atoms with Crippen LogP contribution in [-0.2, 0) is 4.79 Å². The average Bonchev–Trinajstić information content (AvgIpc) is 3.39. The number of fused-ring (bicyclic) bond motifs is 1. The van der Waals surface area contributed by atoms with E-state index in [0.717, 1.165) is 36.6 Å². The molecule has 9 nitrogen and oxygen atoms in total. The molecule has 0 atom stereocenters. The number of urea groups is 1. The minimum Gasteiger partial charge on any atom is -0.475 e. The topological polar surface area (TPSA) is 121 Å². The number of aliphatic carboxylic acids is 1. The normalized spacial score (nSPS) is 17.1. The Bertz CT molecular complexity index is 1270. The van der Waals surface area contributed by atoms with E-state index in [9.17, 15) is 18.0 Å². The molecule has 0 spiro atoms. The smallest absolute Gasteiger partial charge is 0.475 e. The fourth-order valence-corrected chi connectivity index (χ4v) is 4.75. The summed E-state index contributed by atoms with van der Waals surface area (Å²) in [4.78, 5) is 32.6. The second kappa shape index (κ2) is 12.0. The van der Waals surface area contributed by atoms with Crippen molar-refractivity contribution in [3.8, 4) is 11.5 Å². The Balaban J connectivity index is 0.000000426. The number of piperidine rings is 1. The van der Waals surface area contributed by atoms with E-state index in [4.69, 9.17) is 26.0 Å². The van der Waals surface area contributed by atoms with Crippen LogP contribution in [0.2, 0.25) is 5.02 Å². The van der Waals surface area contributed by atoms with E-state index in [1.165, 1.54) is 19.3 Å². The van der Waals surface area contributed by atoms with Crippen LogP contribution in [0.25, 0.3) is 22.4 Å². The lowest BCUT2D eigenvalue weighted by atomic mass is 9.95. The van der Waals surface area contributed by atoms with Crippen LogP contribution in [0, 0.1) is 0 Å². The lowest BCUT2D eigenvalue weighted by molar-refractivity contribution is -0.192. The van der Waals surface area contributed by atoms with E-state index >= 15 is 0 Å². The molecule has 2 N–H and O–H groups in total. The third-order valence-corrected chi connectivity index (χ3v) is 6.86. The van der Waals surface area contributed by atoms with E-state index in [0.29, 0.717) is 41.6 Å².